The van der Waals surface area contributed by atoms with E-state index < -0.39 is 0 Å². The number of nitrogens with zero attached hydrogens (tertiary/aromatic N) is 5. The Morgan fingerprint density at radius 3 is 2.39 bits per heavy atom. The highest BCUT2D eigenvalue weighted by molar-refractivity contribution is 9.10. The van der Waals surface area contributed by atoms with Gasteiger partial charge in [-0.05, 0) is 30.3 Å². The Labute approximate surface area is 143 Å². The lowest BCUT2D eigenvalue weighted by atomic mass is 10.2. The summed E-state index contributed by atoms with van der Waals surface area (Å²) in [5.41, 5.74) is 2.21. The average molecular weight is 370 g/mol. The number of hydrogen-bond donors (Lipinski definition) is 0. The normalized spacial score (nSPS) is 15.2. The first kappa shape index (κ1) is 14.4. The first-order valence-corrected chi connectivity index (χ1v) is 8.41. The number of benzene rings is 1. The van der Waals surface area contributed by atoms with Crippen LogP contribution in [0.5, 0.6) is 0 Å². The lowest BCUT2D eigenvalue weighted by Gasteiger charge is -2.37. The molecule has 1 fully saturated rings. The van der Waals surface area contributed by atoms with Crippen LogP contribution in [0.3, 0.4) is 0 Å². The molecule has 3 heterocycles. The van der Waals surface area contributed by atoms with Gasteiger partial charge in [-0.3, -0.25) is 4.98 Å². The highest BCUT2D eigenvalue weighted by atomic mass is 79.9. The van der Waals surface area contributed by atoms with Gasteiger partial charge in [-0.25, -0.2) is 9.97 Å². The quantitative estimate of drug-likeness (QED) is 0.694. The Balaban J connectivity index is 1.58. The van der Waals surface area contributed by atoms with Gasteiger partial charge in [-0.1, -0.05) is 15.9 Å². The minimum atomic E-state index is 0.945. The Hall–Kier alpha value is -2.21. The summed E-state index contributed by atoms with van der Waals surface area (Å²) in [6.45, 7) is 3.84. The molecule has 6 heteroatoms. The van der Waals surface area contributed by atoms with Crippen LogP contribution in [-0.4, -0.2) is 41.1 Å². The molecule has 5 nitrogen and oxygen atoms in total. The number of rotatable bonds is 2. The number of aromatic nitrogens is 3. The molecule has 4 rings (SSSR count). The zero-order valence-electron chi connectivity index (χ0n) is 12.6. The predicted octanol–water partition coefficient (Wildman–Crippen LogP) is 3.11. The molecular formula is C17H16BrN5. The van der Waals surface area contributed by atoms with Gasteiger partial charge >= 0.3 is 0 Å². The molecule has 116 valence electrons. The number of pyridine rings is 1. The summed E-state index contributed by atoms with van der Waals surface area (Å²) < 4.78 is 1.05. The van der Waals surface area contributed by atoms with Crippen LogP contribution >= 0.6 is 15.9 Å². The zero-order chi connectivity index (χ0) is 15.6. The van der Waals surface area contributed by atoms with Gasteiger partial charge in [0.2, 0.25) is 0 Å². The summed E-state index contributed by atoms with van der Waals surface area (Å²) in [4.78, 5) is 17.7. The lowest BCUT2D eigenvalue weighted by Crippen LogP contribution is -2.46. The van der Waals surface area contributed by atoms with Gasteiger partial charge in [0, 0.05) is 54.1 Å². The molecule has 0 spiro atoms. The maximum Gasteiger partial charge on any atom is 0.140 e. The minimum absolute atomic E-state index is 0.945. The van der Waals surface area contributed by atoms with Gasteiger partial charge in [0.1, 0.15) is 12.1 Å². The maximum atomic E-state index is 4.53. The Morgan fingerprint density at radius 2 is 1.61 bits per heavy atom. The van der Waals surface area contributed by atoms with Crippen LogP contribution in [-0.2, 0) is 0 Å². The van der Waals surface area contributed by atoms with E-state index in [1.807, 2.05) is 24.5 Å². The fourth-order valence-corrected chi connectivity index (χ4v) is 3.36. The van der Waals surface area contributed by atoms with Crippen LogP contribution in [0.25, 0.3) is 10.9 Å². The second kappa shape index (κ2) is 6.12. The minimum Gasteiger partial charge on any atom is -0.368 e. The monoisotopic (exact) mass is 369 g/mol. The number of piperazine rings is 1. The van der Waals surface area contributed by atoms with E-state index in [2.05, 4.69) is 58.9 Å². The van der Waals surface area contributed by atoms with Crippen molar-refractivity contribution >= 4 is 38.3 Å². The molecular weight excluding hydrogens is 354 g/mol. The molecule has 0 unspecified atom stereocenters. The summed E-state index contributed by atoms with van der Waals surface area (Å²) >= 11 is 3.54. The summed E-state index contributed by atoms with van der Waals surface area (Å²) in [7, 11) is 0. The first-order chi connectivity index (χ1) is 11.3. The van der Waals surface area contributed by atoms with Crippen molar-refractivity contribution in [2.45, 2.75) is 0 Å². The summed E-state index contributed by atoms with van der Waals surface area (Å²) in [5, 5.41) is 1.10. The van der Waals surface area contributed by atoms with Crippen molar-refractivity contribution in [2.75, 3.05) is 36.0 Å². The second-order valence-electron chi connectivity index (χ2n) is 5.54. The van der Waals surface area contributed by atoms with Gasteiger partial charge in [-0.2, -0.15) is 0 Å². The van der Waals surface area contributed by atoms with E-state index in [1.54, 1.807) is 6.33 Å². The average Bonchev–Trinajstić information content (AvgIpc) is 2.62. The Morgan fingerprint density at radius 1 is 0.870 bits per heavy atom. The lowest BCUT2D eigenvalue weighted by molar-refractivity contribution is 0.648. The molecule has 0 amide bonds. The van der Waals surface area contributed by atoms with Crippen LogP contribution in [0.1, 0.15) is 0 Å². The summed E-state index contributed by atoms with van der Waals surface area (Å²) in [6, 6.07) is 10.3. The van der Waals surface area contributed by atoms with E-state index >= 15 is 0 Å². The number of hydrogen-bond acceptors (Lipinski definition) is 5. The summed E-state index contributed by atoms with van der Waals surface area (Å²) in [6.07, 6.45) is 5.34. The topological polar surface area (TPSA) is 45.2 Å². The van der Waals surface area contributed by atoms with Crippen molar-refractivity contribution < 1.29 is 0 Å². The molecule has 1 aliphatic heterocycles. The van der Waals surface area contributed by atoms with Crippen molar-refractivity contribution in [1.82, 2.24) is 15.0 Å². The van der Waals surface area contributed by atoms with Gasteiger partial charge in [0.25, 0.3) is 0 Å². The third-order valence-electron chi connectivity index (χ3n) is 4.18. The highest BCUT2D eigenvalue weighted by Crippen LogP contribution is 2.27. The van der Waals surface area contributed by atoms with Crippen molar-refractivity contribution in [1.29, 1.82) is 0 Å². The fraction of sp³-hybridized carbons (Fsp3) is 0.235. The molecule has 1 aromatic carbocycles. The third-order valence-corrected chi connectivity index (χ3v) is 4.68. The molecule has 0 saturated carbocycles. The van der Waals surface area contributed by atoms with E-state index in [9.17, 15) is 0 Å². The molecule has 0 atom stereocenters. The molecule has 3 aromatic rings. The Kier molecular flexibility index (Phi) is 3.83. The second-order valence-corrected chi connectivity index (χ2v) is 6.45. The molecule has 1 aliphatic rings. The standard InChI is InChI=1S/C17H16BrN5/c18-13-1-2-16-15(11-13)17(21-12-20-16)23-9-7-22(8-10-23)14-3-5-19-6-4-14/h1-6,11-12H,7-10H2. The van der Waals surface area contributed by atoms with Crippen LogP contribution in [0, 0.1) is 0 Å². The van der Waals surface area contributed by atoms with Crippen molar-refractivity contribution in [2.24, 2.45) is 0 Å². The third kappa shape index (κ3) is 2.86. The van der Waals surface area contributed by atoms with Crippen molar-refractivity contribution in [3.63, 3.8) is 0 Å². The van der Waals surface area contributed by atoms with Gasteiger partial charge < -0.3 is 9.80 Å². The molecule has 0 N–H and O–H groups in total. The first-order valence-electron chi connectivity index (χ1n) is 7.61. The molecule has 1 saturated heterocycles. The predicted molar refractivity (Wildman–Crippen MR) is 95.9 cm³/mol. The van der Waals surface area contributed by atoms with E-state index in [0.29, 0.717) is 0 Å². The van der Waals surface area contributed by atoms with E-state index in [4.69, 9.17) is 0 Å². The van der Waals surface area contributed by atoms with Crippen LogP contribution in [0.15, 0.2) is 53.5 Å². The van der Waals surface area contributed by atoms with E-state index in [1.165, 1.54) is 5.69 Å². The number of halogens is 1. The van der Waals surface area contributed by atoms with Crippen LogP contribution in [0.2, 0.25) is 0 Å². The molecule has 2 aromatic heterocycles. The van der Waals surface area contributed by atoms with Crippen molar-refractivity contribution in [3.8, 4) is 0 Å². The van der Waals surface area contributed by atoms with Crippen molar-refractivity contribution in [3.05, 3.63) is 53.5 Å². The molecule has 0 aliphatic carbocycles. The summed E-state index contributed by atoms with van der Waals surface area (Å²) in [5.74, 6) is 1.02. The smallest absolute Gasteiger partial charge is 0.140 e. The molecule has 0 radical (unpaired) electrons. The van der Waals surface area contributed by atoms with E-state index in [0.717, 1.165) is 47.4 Å². The largest absolute Gasteiger partial charge is 0.368 e. The molecule has 0 bridgehead atoms. The van der Waals surface area contributed by atoms with Crippen LogP contribution in [0.4, 0.5) is 11.5 Å². The molecule has 23 heavy (non-hydrogen) atoms. The fourth-order valence-electron chi connectivity index (χ4n) is 3.00. The zero-order valence-corrected chi connectivity index (χ0v) is 14.1. The highest BCUT2D eigenvalue weighted by Gasteiger charge is 2.20. The van der Waals surface area contributed by atoms with Gasteiger partial charge in [0.15, 0.2) is 0 Å². The number of anilines is 2. The maximum absolute atomic E-state index is 4.53. The van der Waals surface area contributed by atoms with Crippen LogP contribution < -0.4 is 9.80 Å². The SMILES string of the molecule is Brc1ccc2ncnc(N3CCN(c4ccncc4)CC3)c2c1. The number of fused-ring (bicyclic) bond motifs is 1. The van der Waals surface area contributed by atoms with Gasteiger partial charge in [0.05, 0.1) is 5.52 Å². The Bertz CT molecular complexity index is 816. The van der Waals surface area contributed by atoms with E-state index in [-0.39, 0.29) is 0 Å². The van der Waals surface area contributed by atoms with Gasteiger partial charge in [-0.15, -0.1) is 0 Å².